The fourth-order valence-corrected chi connectivity index (χ4v) is 2.47. The SMILES string of the molecule is C=C(C)C(=O)O.CCCCCCCCCCCCCCCCCF. The van der Waals surface area contributed by atoms with Gasteiger partial charge in [0.1, 0.15) is 0 Å². The lowest BCUT2D eigenvalue weighted by molar-refractivity contribution is -0.132. The molecule has 0 saturated heterocycles. The topological polar surface area (TPSA) is 37.3 Å². The van der Waals surface area contributed by atoms with Crippen molar-refractivity contribution in [1.29, 1.82) is 0 Å². The highest BCUT2D eigenvalue weighted by atomic mass is 19.1. The molecule has 0 aromatic carbocycles. The molecule has 0 aliphatic heterocycles. The highest BCUT2D eigenvalue weighted by Gasteiger charge is 1.94. The Morgan fingerprint density at radius 3 is 1.21 bits per heavy atom. The van der Waals surface area contributed by atoms with Crippen molar-refractivity contribution in [3.8, 4) is 0 Å². The number of halogens is 1. The zero-order valence-corrected chi connectivity index (χ0v) is 16.3. The highest BCUT2D eigenvalue weighted by Crippen LogP contribution is 2.13. The van der Waals surface area contributed by atoms with Crippen LogP contribution in [0.4, 0.5) is 4.39 Å². The molecule has 2 nitrogen and oxygen atoms in total. The minimum absolute atomic E-state index is 0.127. The fraction of sp³-hybridized carbons (Fsp3) is 0.857. The summed E-state index contributed by atoms with van der Waals surface area (Å²) in [5.41, 5.74) is 0.176. The van der Waals surface area contributed by atoms with E-state index in [2.05, 4.69) is 13.5 Å². The van der Waals surface area contributed by atoms with Gasteiger partial charge in [-0.25, -0.2) is 4.79 Å². The van der Waals surface area contributed by atoms with Crippen molar-refractivity contribution in [3.05, 3.63) is 12.2 Å². The quantitative estimate of drug-likeness (QED) is 0.233. The van der Waals surface area contributed by atoms with Gasteiger partial charge in [0.2, 0.25) is 0 Å². The van der Waals surface area contributed by atoms with Crippen molar-refractivity contribution in [2.75, 3.05) is 6.67 Å². The predicted molar refractivity (Wildman–Crippen MR) is 103 cm³/mol. The molecule has 24 heavy (non-hydrogen) atoms. The van der Waals surface area contributed by atoms with Crippen LogP contribution in [-0.2, 0) is 4.79 Å². The largest absolute Gasteiger partial charge is 0.478 e. The van der Waals surface area contributed by atoms with Crippen LogP contribution in [0.15, 0.2) is 12.2 Å². The van der Waals surface area contributed by atoms with E-state index < -0.39 is 5.97 Å². The molecule has 3 heteroatoms. The van der Waals surface area contributed by atoms with Crippen molar-refractivity contribution < 1.29 is 14.3 Å². The van der Waals surface area contributed by atoms with E-state index in [0.717, 1.165) is 12.8 Å². The summed E-state index contributed by atoms with van der Waals surface area (Å²) in [5.74, 6) is -0.935. The van der Waals surface area contributed by atoms with Crippen molar-refractivity contribution >= 4 is 5.97 Å². The molecule has 0 bridgehead atoms. The third-order valence-corrected chi connectivity index (χ3v) is 4.10. The van der Waals surface area contributed by atoms with E-state index in [1.807, 2.05) is 0 Å². The third-order valence-electron chi connectivity index (χ3n) is 4.10. The first-order valence-electron chi connectivity index (χ1n) is 10.0. The Morgan fingerprint density at radius 1 is 0.750 bits per heavy atom. The van der Waals surface area contributed by atoms with Gasteiger partial charge >= 0.3 is 5.97 Å². The van der Waals surface area contributed by atoms with Crippen LogP contribution in [0.3, 0.4) is 0 Å². The normalized spacial score (nSPS) is 10.1. The van der Waals surface area contributed by atoms with Crippen molar-refractivity contribution in [2.24, 2.45) is 0 Å². The summed E-state index contributed by atoms with van der Waals surface area (Å²) in [6, 6.07) is 0. The zero-order chi connectivity index (χ0) is 18.5. The molecule has 0 aliphatic carbocycles. The predicted octanol–water partition coefficient (Wildman–Crippen LogP) is 7.47. The maximum absolute atomic E-state index is 11.8. The average molecular weight is 345 g/mol. The minimum atomic E-state index is -0.935. The van der Waals surface area contributed by atoms with Gasteiger partial charge in [0, 0.05) is 5.57 Å². The molecule has 0 aliphatic rings. The van der Waals surface area contributed by atoms with Gasteiger partial charge in [0.15, 0.2) is 0 Å². The number of hydrogen-bond acceptors (Lipinski definition) is 1. The molecule has 0 heterocycles. The number of alkyl halides is 1. The number of aliphatic carboxylic acids is 1. The molecule has 0 saturated carbocycles. The Morgan fingerprint density at radius 2 is 1.00 bits per heavy atom. The van der Waals surface area contributed by atoms with Crippen LogP contribution in [0, 0.1) is 0 Å². The Labute approximate surface area is 149 Å². The van der Waals surface area contributed by atoms with E-state index in [0.29, 0.717) is 0 Å². The third kappa shape index (κ3) is 26.1. The summed E-state index contributed by atoms with van der Waals surface area (Å²) in [4.78, 5) is 9.60. The Kier molecular flexibility index (Phi) is 23.4. The lowest BCUT2D eigenvalue weighted by Gasteiger charge is -2.02. The van der Waals surface area contributed by atoms with Gasteiger partial charge in [-0.2, -0.15) is 0 Å². The lowest BCUT2D eigenvalue weighted by atomic mass is 10.0. The van der Waals surface area contributed by atoms with Crippen molar-refractivity contribution in [1.82, 2.24) is 0 Å². The molecule has 0 atom stereocenters. The summed E-state index contributed by atoms with van der Waals surface area (Å²) in [5, 5.41) is 7.89. The number of unbranched alkanes of at least 4 members (excludes halogenated alkanes) is 14. The van der Waals surface area contributed by atoms with Crippen LogP contribution in [0.5, 0.6) is 0 Å². The molecule has 0 unspecified atom stereocenters. The van der Waals surface area contributed by atoms with E-state index in [4.69, 9.17) is 5.11 Å². The molecule has 0 spiro atoms. The second-order valence-corrected chi connectivity index (χ2v) is 6.72. The zero-order valence-electron chi connectivity index (χ0n) is 16.3. The summed E-state index contributed by atoms with van der Waals surface area (Å²) in [6.45, 7) is 6.75. The number of carboxylic acid groups (broad SMARTS) is 1. The van der Waals surface area contributed by atoms with Crippen molar-refractivity contribution in [3.63, 3.8) is 0 Å². The van der Waals surface area contributed by atoms with Gasteiger partial charge in [-0.1, -0.05) is 103 Å². The molecule has 0 rings (SSSR count). The van der Waals surface area contributed by atoms with E-state index in [-0.39, 0.29) is 12.2 Å². The van der Waals surface area contributed by atoms with E-state index in [9.17, 15) is 9.18 Å². The number of hydrogen-bond donors (Lipinski definition) is 1. The minimum Gasteiger partial charge on any atom is -0.478 e. The van der Waals surface area contributed by atoms with E-state index in [1.54, 1.807) is 0 Å². The molecule has 0 radical (unpaired) electrons. The standard InChI is InChI=1S/C17H35F.C4H6O2/c1-2-3-4-5-6-7-8-9-10-11-12-13-14-15-16-17-18;1-3(2)4(5)6/h2-17H2,1H3;1H2,2H3,(H,5,6). The molecule has 1 N–H and O–H groups in total. The highest BCUT2D eigenvalue weighted by molar-refractivity contribution is 5.84. The van der Waals surface area contributed by atoms with E-state index >= 15 is 0 Å². The van der Waals surface area contributed by atoms with Gasteiger partial charge in [-0.3, -0.25) is 4.39 Å². The Bertz CT molecular complexity index is 249. The summed E-state index contributed by atoms with van der Waals surface area (Å²) in [7, 11) is 0. The fourth-order valence-electron chi connectivity index (χ4n) is 2.47. The van der Waals surface area contributed by atoms with Crippen LogP contribution in [0.1, 0.15) is 110 Å². The number of carboxylic acids is 1. The van der Waals surface area contributed by atoms with Gasteiger partial charge in [0.05, 0.1) is 6.67 Å². The smallest absolute Gasteiger partial charge is 0.330 e. The number of rotatable bonds is 16. The second kappa shape index (κ2) is 22.1. The molecule has 0 aromatic heterocycles. The average Bonchev–Trinajstić information content (AvgIpc) is 2.55. The summed E-state index contributed by atoms with van der Waals surface area (Å²) >= 11 is 0. The molecule has 144 valence electrons. The first-order chi connectivity index (χ1) is 11.6. The molecular formula is C21H41FO2. The molecule has 0 amide bonds. The van der Waals surface area contributed by atoms with Crippen LogP contribution < -0.4 is 0 Å². The monoisotopic (exact) mass is 344 g/mol. The Hall–Kier alpha value is -0.860. The Balaban J connectivity index is 0. The maximum atomic E-state index is 11.8. The maximum Gasteiger partial charge on any atom is 0.330 e. The van der Waals surface area contributed by atoms with Crippen LogP contribution in [-0.4, -0.2) is 17.8 Å². The van der Waals surface area contributed by atoms with Gasteiger partial charge in [-0.05, 0) is 13.3 Å². The first kappa shape index (κ1) is 25.4. The molecule has 0 aromatic rings. The van der Waals surface area contributed by atoms with Gasteiger partial charge < -0.3 is 5.11 Å². The molecular weight excluding hydrogens is 303 g/mol. The summed E-state index contributed by atoms with van der Waals surface area (Å²) < 4.78 is 11.8. The van der Waals surface area contributed by atoms with Crippen LogP contribution in [0.2, 0.25) is 0 Å². The van der Waals surface area contributed by atoms with Gasteiger partial charge in [0.25, 0.3) is 0 Å². The summed E-state index contributed by atoms with van der Waals surface area (Å²) in [6.07, 6.45) is 20.0. The van der Waals surface area contributed by atoms with E-state index in [1.165, 1.54) is 90.4 Å². The lowest BCUT2D eigenvalue weighted by Crippen LogP contribution is -1.92. The van der Waals surface area contributed by atoms with Crippen LogP contribution >= 0.6 is 0 Å². The molecule has 0 fully saturated rings. The number of carbonyl (C=O) groups is 1. The first-order valence-corrected chi connectivity index (χ1v) is 10.0. The van der Waals surface area contributed by atoms with Crippen molar-refractivity contribution in [2.45, 2.75) is 110 Å². The second-order valence-electron chi connectivity index (χ2n) is 6.72. The van der Waals surface area contributed by atoms with Crippen LogP contribution in [0.25, 0.3) is 0 Å². The van der Waals surface area contributed by atoms with Gasteiger partial charge in [-0.15, -0.1) is 0 Å².